The van der Waals surface area contributed by atoms with E-state index in [1.165, 1.54) is 6.42 Å². The maximum Gasteiger partial charge on any atom is 0.323 e. The molecular weight excluding hydrogens is 274 g/mol. The molecule has 6 nitrogen and oxygen atoms in total. The number of anilines is 2. The van der Waals surface area contributed by atoms with Crippen molar-refractivity contribution in [3.05, 3.63) is 0 Å². The van der Waals surface area contributed by atoms with Crippen molar-refractivity contribution in [2.24, 2.45) is 0 Å². The standard InChI is InChI=1S/C13H23N5OS/c1-4-14-11-16-12(18-13(17-11)19-5-2)15-9-6-7-10(8-9)20-3/h9-10H,4-8H2,1-3H3,(H2,14,15,16,17,18). The summed E-state index contributed by atoms with van der Waals surface area (Å²) in [7, 11) is 0. The molecule has 0 bridgehead atoms. The third kappa shape index (κ3) is 4.13. The fraction of sp³-hybridized carbons (Fsp3) is 0.769. The Kier molecular flexibility index (Phi) is 5.70. The molecule has 1 aromatic heterocycles. The molecule has 0 saturated heterocycles. The van der Waals surface area contributed by atoms with Crippen LogP contribution in [0.4, 0.5) is 11.9 Å². The van der Waals surface area contributed by atoms with Gasteiger partial charge in [0.25, 0.3) is 0 Å². The summed E-state index contributed by atoms with van der Waals surface area (Å²) in [5.74, 6) is 1.17. The fourth-order valence-corrected chi connectivity index (χ4v) is 3.12. The van der Waals surface area contributed by atoms with Crippen LogP contribution >= 0.6 is 11.8 Å². The zero-order valence-corrected chi connectivity index (χ0v) is 13.2. The van der Waals surface area contributed by atoms with E-state index in [1.54, 1.807) is 0 Å². The number of rotatable bonds is 7. The van der Waals surface area contributed by atoms with Crippen molar-refractivity contribution in [1.82, 2.24) is 15.0 Å². The van der Waals surface area contributed by atoms with Crippen LogP contribution in [0.15, 0.2) is 0 Å². The lowest BCUT2D eigenvalue weighted by Gasteiger charge is -2.14. The van der Waals surface area contributed by atoms with E-state index in [9.17, 15) is 0 Å². The van der Waals surface area contributed by atoms with Crippen LogP contribution in [0.5, 0.6) is 6.01 Å². The summed E-state index contributed by atoms with van der Waals surface area (Å²) < 4.78 is 5.39. The van der Waals surface area contributed by atoms with Gasteiger partial charge in [-0.2, -0.15) is 26.7 Å². The average molecular weight is 297 g/mol. The van der Waals surface area contributed by atoms with Crippen molar-refractivity contribution < 1.29 is 4.74 Å². The van der Waals surface area contributed by atoms with E-state index in [0.29, 0.717) is 30.6 Å². The lowest BCUT2D eigenvalue weighted by atomic mass is 10.2. The van der Waals surface area contributed by atoms with Gasteiger partial charge in [0.2, 0.25) is 11.9 Å². The van der Waals surface area contributed by atoms with Crippen molar-refractivity contribution in [1.29, 1.82) is 0 Å². The molecule has 1 aromatic rings. The Morgan fingerprint density at radius 3 is 2.65 bits per heavy atom. The van der Waals surface area contributed by atoms with Crippen molar-refractivity contribution >= 4 is 23.7 Å². The quantitative estimate of drug-likeness (QED) is 0.800. The summed E-state index contributed by atoms with van der Waals surface area (Å²) in [6.45, 7) is 5.25. The number of nitrogens with one attached hydrogen (secondary N) is 2. The zero-order chi connectivity index (χ0) is 14.4. The monoisotopic (exact) mass is 297 g/mol. The Labute approximate surface area is 124 Å². The highest BCUT2D eigenvalue weighted by atomic mass is 32.2. The second-order valence-corrected chi connectivity index (χ2v) is 5.88. The molecular formula is C13H23N5OS. The molecule has 1 fully saturated rings. The lowest BCUT2D eigenvalue weighted by molar-refractivity contribution is 0.312. The summed E-state index contributed by atoms with van der Waals surface area (Å²) in [4.78, 5) is 12.9. The van der Waals surface area contributed by atoms with Crippen LogP contribution in [0.3, 0.4) is 0 Å². The third-order valence-corrected chi connectivity index (χ3v) is 4.37. The molecule has 2 rings (SSSR count). The Bertz CT molecular complexity index is 407. The molecule has 20 heavy (non-hydrogen) atoms. The van der Waals surface area contributed by atoms with Gasteiger partial charge in [0.15, 0.2) is 0 Å². The van der Waals surface area contributed by atoms with Gasteiger partial charge in [-0.3, -0.25) is 0 Å². The number of ether oxygens (including phenoxy) is 1. The van der Waals surface area contributed by atoms with Gasteiger partial charge >= 0.3 is 6.01 Å². The van der Waals surface area contributed by atoms with Crippen molar-refractivity contribution in [3.8, 4) is 6.01 Å². The number of aromatic nitrogens is 3. The summed E-state index contributed by atoms with van der Waals surface area (Å²) in [6.07, 6.45) is 5.75. The largest absolute Gasteiger partial charge is 0.464 e. The third-order valence-electron chi connectivity index (χ3n) is 3.27. The predicted molar refractivity (Wildman–Crippen MR) is 83.7 cm³/mol. The highest BCUT2D eigenvalue weighted by Gasteiger charge is 2.24. The van der Waals surface area contributed by atoms with Gasteiger partial charge in [-0.25, -0.2) is 0 Å². The second-order valence-electron chi connectivity index (χ2n) is 4.74. The molecule has 1 heterocycles. The predicted octanol–water partition coefficient (Wildman–Crippen LogP) is 2.40. The molecule has 1 saturated carbocycles. The first-order valence-corrected chi connectivity index (χ1v) is 8.46. The smallest absolute Gasteiger partial charge is 0.323 e. The molecule has 0 spiro atoms. The molecule has 0 aliphatic heterocycles. The maximum atomic E-state index is 5.39. The van der Waals surface area contributed by atoms with E-state index in [1.807, 2.05) is 25.6 Å². The molecule has 0 aromatic carbocycles. The summed E-state index contributed by atoms with van der Waals surface area (Å²) in [5.41, 5.74) is 0. The van der Waals surface area contributed by atoms with Gasteiger partial charge in [-0.1, -0.05) is 0 Å². The summed E-state index contributed by atoms with van der Waals surface area (Å²) >= 11 is 1.94. The van der Waals surface area contributed by atoms with Crippen molar-refractivity contribution in [2.45, 2.75) is 44.4 Å². The molecule has 2 N–H and O–H groups in total. The summed E-state index contributed by atoms with van der Waals surface area (Å²) in [6, 6.07) is 0.819. The molecule has 1 aliphatic rings. The molecule has 7 heteroatoms. The minimum atomic E-state index is 0.375. The van der Waals surface area contributed by atoms with Crippen LogP contribution in [0.25, 0.3) is 0 Å². The first kappa shape index (κ1) is 15.2. The Hall–Kier alpha value is -1.24. The van der Waals surface area contributed by atoms with Crippen LogP contribution in [0.2, 0.25) is 0 Å². The van der Waals surface area contributed by atoms with Crippen LogP contribution in [-0.4, -0.2) is 45.7 Å². The highest BCUT2D eigenvalue weighted by molar-refractivity contribution is 7.99. The maximum absolute atomic E-state index is 5.39. The Balaban J connectivity index is 2.05. The SMILES string of the molecule is CCNc1nc(NC2CCC(SC)C2)nc(OCC)n1. The number of hydrogen-bond acceptors (Lipinski definition) is 7. The molecule has 1 aliphatic carbocycles. The van der Waals surface area contributed by atoms with Crippen molar-refractivity contribution in [2.75, 3.05) is 30.0 Å². The zero-order valence-electron chi connectivity index (χ0n) is 12.3. The average Bonchev–Trinajstić information content (AvgIpc) is 2.87. The number of hydrogen-bond donors (Lipinski definition) is 2. The Morgan fingerprint density at radius 1 is 1.20 bits per heavy atom. The lowest BCUT2D eigenvalue weighted by Crippen LogP contribution is -2.19. The van der Waals surface area contributed by atoms with Gasteiger partial charge in [0.1, 0.15) is 0 Å². The Morgan fingerprint density at radius 2 is 2.00 bits per heavy atom. The van der Waals surface area contributed by atoms with Crippen LogP contribution in [-0.2, 0) is 0 Å². The minimum absolute atomic E-state index is 0.375. The van der Waals surface area contributed by atoms with E-state index < -0.39 is 0 Å². The molecule has 2 unspecified atom stereocenters. The molecule has 0 amide bonds. The van der Waals surface area contributed by atoms with Gasteiger partial charge in [-0.05, 0) is 39.4 Å². The second kappa shape index (κ2) is 7.52. The van der Waals surface area contributed by atoms with E-state index in [-0.39, 0.29) is 0 Å². The van der Waals surface area contributed by atoms with Crippen LogP contribution < -0.4 is 15.4 Å². The van der Waals surface area contributed by atoms with E-state index in [2.05, 4.69) is 31.8 Å². The van der Waals surface area contributed by atoms with Crippen LogP contribution in [0, 0.1) is 0 Å². The highest BCUT2D eigenvalue weighted by Crippen LogP contribution is 2.29. The van der Waals surface area contributed by atoms with Gasteiger partial charge in [-0.15, -0.1) is 0 Å². The van der Waals surface area contributed by atoms with E-state index >= 15 is 0 Å². The van der Waals surface area contributed by atoms with Gasteiger partial charge in [0, 0.05) is 17.8 Å². The first-order valence-electron chi connectivity index (χ1n) is 7.17. The topological polar surface area (TPSA) is 72.0 Å². The first-order chi connectivity index (χ1) is 9.75. The van der Waals surface area contributed by atoms with E-state index in [0.717, 1.165) is 24.6 Å². The van der Waals surface area contributed by atoms with Gasteiger partial charge < -0.3 is 15.4 Å². The normalized spacial score (nSPS) is 21.8. The molecule has 2 atom stereocenters. The molecule has 0 radical (unpaired) electrons. The number of nitrogens with zero attached hydrogens (tertiary/aromatic N) is 3. The van der Waals surface area contributed by atoms with E-state index in [4.69, 9.17) is 4.74 Å². The molecule has 112 valence electrons. The fourth-order valence-electron chi connectivity index (χ4n) is 2.32. The van der Waals surface area contributed by atoms with Gasteiger partial charge in [0.05, 0.1) is 6.61 Å². The van der Waals surface area contributed by atoms with Crippen LogP contribution in [0.1, 0.15) is 33.1 Å². The van der Waals surface area contributed by atoms with Crippen molar-refractivity contribution in [3.63, 3.8) is 0 Å². The number of thioether (sulfide) groups is 1. The minimum Gasteiger partial charge on any atom is -0.464 e. The summed E-state index contributed by atoms with van der Waals surface area (Å²) in [5, 5.41) is 7.26.